The molecule has 0 saturated heterocycles. The van der Waals surface area contributed by atoms with Crippen molar-refractivity contribution in [3.05, 3.63) is 24.3 Å². The fraction of sp³-hybridized carbons (Fsp3) is 0.769. The molecule has 0 heterocycles. The molecule has 174 valence electrons. The molecule has 0 fully saturated rings. The third-order valence-electron chi connectivity index (χ3n) is 4.87. The standard InChI is InChI=1S/C26H46O4/c1-3-5-7-9-11-13-15-17-19-23-29-25(27)21-22-26(28)30-24-20-18-16-14-12-10-8-6-4-2/h13-16H,3-12,17-24H2,1-2H3/b15-13+,16-14+. The van der Waals surface area contributed by atoms with E-state index in [0.29, 0.717) is 13.2 Å². The minimum absolute atomic E-state index is 0.101. The number of unbranched alkanes of at least 4 members (excludes halogenated alkanes) is 10. The molecule has 4 heteroatoms. The van der Waals surface area contributed by atoms with E-state index in [4.69, 9.17) is 9.47 Å². The van der Waals surface area contributed by atoms with Crippen LogP contribution in [0.2, 0.25) is 0 Å². The van der Waals surface area contributed by atoms with E-state index < -0.39 is 0 Å². The fourth-order valence-corrected chi connectivity index (χ4v) is 2.97. The summed E-state index contributed by atoms with van der Waals surface area (Å²) in [6.45, 7) is 5.27. The van der Waals surface area contributed by atoms with Crippen LogP contribution in [0.15, 0.2) is 24.3 Å². The fourth-order valence-electron chi connectivity index (χ4n) is 2.97. The van der Waals surface area contributed by atoms with E-state index in [0.717, 1.165) is 38.5 Å². The second-order valence-electron chi connectivity index (χ2n) is 7.87. The summed E-state index contributed by atoms with van der Waals surface area (Å²) in [5.74, 6) is -0.636. The quantitative estimate of drug-likeness (QED) is 0.109. The zero-order valence-corrected chi connectivity index (χ0v) is 19.7. The largest absolute Gasteiger partial charge is 0.466 e. The first-order valence-electron chi connectivity index (χ1n) is 12.3. The number of hydrogen-bond acceptors (Lipinski definition) is 4. The van der Waals surface area contributed by atoms with Crippen molar-refractivity contribution in [2.45, 2.75) is 117 Å². The lowest BCUT2D eigenvalue weighted by Crippen LogP contribution is -2.11. The van der Waals surface area contributed by atoms with E-state index in [2.05, 4.69) is 38.2 Å². The molecule has 0 amide bonds. The van der Waals surface area contributed by atoms with Gasteiger partial charge in [0, 0.05) is 0 Å². The summed E-state index contributed by atoms with van der Waals surface area (Å²) in [5, 5.41) is 0. The van der Waals surface area contributed by atoms with Crippen molar-refractivity contribution in [1.82, 2.24) is 0 Å². The number of allylic oxidation sites excluding steroid dienone is 4. The van der Waals surface area contributed by atoms with Crippen LogP contribution in [0.25, 0.3) is 0 Å². The maximum atomic E-state index is 11.7. The molecule has 0 atom stereocenters. The highest BCUT2D eigenvalue weighted by atomic mass is 16.5. The first-order valence-corrected chi connectivity index (χ1v) is 12.3. The van der Waals surface area contributed by atoms with Gasteiger partial charge >= 0.3 is 11.9 Å². The molecule has 0 saturated carbocycles. The molecule has 0 radical (unpaired) electrons. The number of ether oxygens (including phenoxy) is 2. The summed E-state index contributed by atoms with van der Waals surface area (Å²) >= 11 is 0. The monoisotopic (exact) mass is 422 g/mol. The van der Waals surface area contributed by atoms with E-state index in [1.807, 2.05) is 0 Å². The zero-order valence-electron chi connectivity index (χ0n) is 19.7. The molecule has 0 aromatic carbocycles. The Labute approximate surface area is 185 Å². The third kappa shape index (κ3) is 22.7. The van der Waals surface area contributed by atoms with Crippen LogP contribution in [-0.2, 0) is 19.1 Å². The predicted octanol–water partition coefficient (Wildman–Crippen LogP) is 7.47. The summed E-state index contributed by atoms with van der Waals surface area (Å²) in [6.07, 6.45) is 25.0. The van der Waals surface area contributed by atoms with Crippen LogP contribution in [0.4, 0.5) is 0 Å². The molecule has 0 aliphatic rings. The minimum atomic E-state index is -0.318. The van der Waals surface area contributed by atoms with Gasteiger partial charge in [-0.1, -0.05) is 76.7 Å². The van der Waals surface area contributed by atoms with E-state index in [-0.39, 0.29) is 24.8 Å². The van der Waals surface area contributed by atoms with Crippen LogP contribution in [0, 0.1) is 0 Å². The number of rotatable bonds is 21. The molecular formula is C26H46O4. The molecule has 0 unspecified atom stereocenters. The summed E-state index contributed by atoms with van der Waals surface area (Å²) in [5.41, 5.74) is 0. The Bertz CT molecular complexity index is 412. The molecule has 0 aliphatic carbocycles. The molecule has 4 nitrogen and oxygen atoms in total. The molecule has 0 rings (SSSR count). The predicted molar refractivity (Wildman–Crippen MR) is 125 cm³/mol. The Kier molecular flexibility index (Phi) is 22.4. The summed E-state index contributed by atoms with van der Waals surface area (Å²) in [6, 6.07) is 0. The van der Waals surface area contributed by atoms with Crippen LogP contribution in [0.3, 0.4) is 0 Å². The smallest absolute Gasteiger partial charge is 0.306 e. The van der Waals surface area contributed by atoms with Crippen LogP contribution < -0.4 is 0 Å². The lowest BCUT2D eigenvalue weighted by molar-refractivity contribution is -0.150. The van der Waals surface area contributed by atoms with E-state index >= 15 is 0 Å². The van der Waals surface area contributed by atoms with Crippen molar-refractivity contribution >= 4 is 11.9 Å². The van der Waals surface area contributed by atoms with Crippen molar-refractivity contribution in [2.24, 2.45) is 0 Å². The van der Waals surface area contributed by atoms with Gasteiger partial charge in [-0.05, 0) is 51.4 Å². The maximum absolute atomic E-state index is 11.7. The molecule has 30 heavy (non-hydrogen) atoms. The first kappa shape index (κ1) is 28.4. The van der Waals surface area contributed by atoms with E-state index in [9.17, 15) is 9.59 Å². The van der Waals surface area contributed by atoms with Crippen LogP contribution in [0.5, 0.6) is 0 Å². The highest BCUT2D eigenvalue weighted by Crippen LogP contribution is 2.05. The average Bonchev–Trinajstić information content (AvgIpc) is 2.75. The molecule has 0 spiro atoms. The summed E-state index contributed by atoms with van der Waals surface area (Å²) < 4.78 is 10.3. The number of esters is 2. The van der Waals surface area contributed by atoms with Crippen LogP contribution >= 0.6 is 0 Å². The van der Waals surface area contributed by atoms with Gasteiger partial charge in [0.15, 0.2) is 0 Å². The van der Waals surface area contributed by atoms with E-state index in [1.165, 1.54) is 51.4 Å². The van der Waals surface area contributed by atoms with Crippen molar-refractivity contribution < 1.29 is 19.1 Å². The average molecular weight is 423 g/mol. The molecule has 0 N–H and O–H groups in total. The van der Waals surface area contributed by atoms with Gasteiger partial charge in [-0.3, -0.25) is 9.59 Å². The summed E-state index contributed by atoms with van der Waals surface area (Å²) in [4.78, 5) is 23.3. The van der Waals surface area contributed by atoms with Gasteiger partial charge in [-0.2, -0.15) is 0 Å². The van der Waals surface area contributed by atoms with E-state index in [1.54, 1.807) is 0 Å². The van der Waals surface area contributed by atoms with Crippen molar-refractivity contribution in [1.29, 1.82) is 0 Å². The van der Waals surface area contributed by atoms with Crippen molar-refractivity contribution in [3.63, 3.8) is 0 Å². The zero-order chi connectivity index (χ0) is 22.1. The molecular weight excluding hydrogens is 376 g/mol. The van der Waals surface area contributed by atoms with Gasteiger partial charge in [0.2, 0.25) is 0 Å². The lowest BCUT2D eigenvalue weighted by atomic mass is 10.1. The molecule has 0 bridgehead atoms. The Morgan fingerprint density at radius 3 is 1.27 bits per heavy atom. The first-order chi connectivity index (χ1) is 14.7. The van der Waals surface area contributed by atoms with Crippen LogP contribution in [0.1, 0.15) is 117 Å². The van der Waals surface area contributed by atoms with Gasteiger partial charge < -0.3 is 9.47 Å². The minimum Gasteiger partial charge on any atom is -0.466 e. The number of carbonyl (C=O) groups is 2. The van der Waals surface area contributed by atoms with Gasteiger partial charge in [0.1, 0.15) is 0 Å². The van der Waals surface area contributed by atoms with Gasteiger partial charge in [-0.15, -0.1) is 0 Å². The molecule has 0 aromatic rings. The van der Waals surface area contributed by atoms with Gasteiger partial charge in [0.05, 0.1) is 26.1 Å². The SMILES string of the molecule is CCCCCC/C=C/CCCOC(=O)CCC(=O)OCCC/C=C/CCCCCC. The Hall–Kier alpha value is -1.58. The second kappa shape index (κ2) is 23.7. The second-order valence-corrected chi connectivity index (χ2v) is 7.87. The summed E-state index contributed by atoms with van der Waals surface area (Å²) in [7, 11) is 0. The normalized spacial score (nSPS) is 11.4. The Morgan fingerprint density at radius 2 is 0.900 bits per heavy atom. The molecule has 0 aliphatic heterocycles. The highest BCUT2D eigenvalue weighted by Gasteiger charge is 2.08. The Morgan fingerprint density at radius 1 is 0.533 bits per heavy atom. The highest BCUT2D eigenvalue weighted by molar-refractivity contribution is 5.77. The maximum Gasteiger partial charge on any atom is 0.306 e. The lowest BCUT2D eigenvalue weighted by Gasteiger charge is -2.05. The topological polar surface area (TPSA) is 52.6 Å². The van der Waals surface area contributed by atoms with Gasteiger partial charge in [0.25, 0.3) is 0 Å². The van der Waals surface area contributed by atoms with Crippen molar-refractivity contribution in [2.75, 3.05) is 13.2 Å². The number of hydrogen-bond donors (Lipinski definition) is 0. The Balaban J connectivity index is 3.44. The molecule has 0 aromatic heterocycles. The van der Waals surface area contributed by atoms with Crippen LogP contribution in [-0.4, -0.2) is 25.2 Å². The van der Waals surface area contributed by atoms with Crippen molar-refractivity contribution in [3.8, 4) is 0 Å². The number of carbonyl (C=O) groups excluding carboxylic acids is 2. The third-order valence-corrected chi connectivity index (χ3v) is 4.87. The van der Waals surface area contributed by atoms with Gasteiger partial charge in [-0.25, -0.2) is 0 Å².